The molecule has 1 unspecified atom stereocenters. The van der Waals surface area contributed by atoms with Gasteiger partial charge in [-0.25, -0.2) is 0 Å². The number of benzene rings is 1. The fourth-order valence-corrected chi connectivity index (χ4v) is 3.78. The lowest BCUT2D eigenvalue weighted by Crippen LogP contribution is -2.19. The smallest absolute Gasteiger partial charge is 0.118 e. The van der Waals surface area contributed by atoms with E-state index in [1.54, 1.807) is 18.4 Å². The molecule has 0 spiro atoms. The van der Waals surface area contributed by atoms with Gasteiger partial charge in [-0.05, 0) is 46.1 Å². The number of methoxy groups -OCH3 is 1. The molecule has 1 aromatic carbocycles. The Morgan fingerprint density at radius 2 is 2.05 bits per heavy atom. The second-order valence-electron chi connectivity index (χ2n) is 4.45. The molecule has 2 nitrogen and oxygen atoms in total. The van der Waals surface area contributed by atoms with Crippen LogP contribution in [-0.2, 0) is 6.54 Å². The molecule has 1 heterocycles. The van der Waals surface area contributed by atoms with Crippen LogP contribution in [0, 0.1) is 0 Å². The summed E-state index contributed by atoms with van der Waals surface area (Å²) in [5.41, 5.74) is 1.27. The van der Waals surface area contributed by atoms with Gasteiger partial charge in [0, 0.05) is 21.9 Å². The topological polar surface area (TPSA) is 21.3 Å². The molecule has 2 aromatic rings. The fraction of sp³-hybridized carbons (Fsp3) is 0.333. The normalized spacial score (nSPS) is 12.4. The van der Waals surface area contributed by atoms with Crippen molar-refractivity contribution in [2.45, 2.75) is 25.9 Å². The van der Waals surface area contributed by atoms with E-state index in [2.05, 4.69) is 46.4 Å². The largest absolute Gasteiger partial charge is 0.497 e. The standard InChI is InChI=1S/C15H17BrClNOS/c1-3-14(10-4-6-11(19-2)7-5-10)18-9-12-8-13(16)15(17)20-12/h4-8,14,18H,3,9H2,1-2H3. The van der Waals surface area contributed by atoms with E-state index < -0.39 is 0 Å². The van der Waals surface area contributed by atoms with Crippen LogP contribution < -0.4 is 10.1 Å². The lowest BCUT2D eigenvalue weighted by Gasteiger charge is -2.17. The van der Waals surface area contributed by atoms with Crippen molar-refractivity contribution in [2.24, 2.45) is 0 Å². The Labute approximate surface area is 137 Å². The average Bonchev–Trinajstić information content (AvgIpc) is 2.79. The van der Waals surface area contributed by atoms with Crippen LogP contribution in [0.2, 0.25) is 4.34 Å². The Morgan fingerprint density at radius 3 is 2.55 bits per heavy atom. The highest BCUT2D eigenvalue weighted by Gasteiger charge is 2.10. The molecule has 0 saturated heterocycles. The van der Waals surface area contributed by atoms with Crippen molar-refractivity contribution >= 4 is 38.9 Å². The van der Waals surface area contributed by atoms with E-state index in [1.165, 1.54) is 10.4 Å². The Balaban J connectivity index is 2.00. The fourth-order valence-electron chi connectivity index (χ4n) is 2.04. The van der Waals surface area contributed by atoms with Crippen LogP contribution >= 0.6 is 38.9 Å². The van der Waals surface area contributed by atoms with Gasteiger partial charge in [-0.3, -0.25) is 0 Å². The summed E-state index contributed by atoms with van der Waals surface area (Å²) in [5, 5.41) is 3.57. The van der Waals surface area contributed by atoms with Crippen LogP contribution in [0.5, 0.6) is 5.75 Å². The van der Waals surface area contributed by atoms with Crippen molar-refractivity contribution in [1.29, 1.82) is 0 Å². The van der Waals surface area contributed by atoms with Crippen molar-refractivity contribution < 1.29 is 4.74 Å². The Bertz CT molecular complexity index is 536. The second kappa shape index (κ2) is 7.46. The Hall–Kier alpha value is -0.550. The molecule has 0 aliphatic carbocycles. The van der Waals surface area contributed by atoms with Crippen LogP contribution in [0.1, 0.15) is 29.8 Å². The highest BCUT2D eigenvalue weighted by Crippen LogP contribution is 2.32. The van der Waals surface area contributed by atoms with Crippen molar-refractivity contribution in [1.82, 2.24) is 5.32 Å². The van der Waals surface area contributed by atoms with Crippen LogP contribution in [0.4, 0.5) is 0 Å². The number of thiophene rings is 1. The first kappa shape index (κ1) is 15.8. The van der Waals surface area contributed by atoms with Gasteiger partial charge in [0.1, 0.15) is 10.1 Å². The Morgan fingerprint density at radius 1 is 1.35 bits per heavy atom. The number of rotatable bonds is 6. The molecule has 0 radical (unpaired) electrons. The van der Waals surface area contributed by atoms with E-state index in [9.17, 15) is 0 Å². The summed E-state index contributed by atoms with van der Waals surface area (Å²) in [5.74, 6) is 0.887. The predicted octanol–water partition coefficient (Wildman–Crippen LogP) is 5.41. The summed E-state index contributed by atoms with van der Waals surface area (Å²) in [4.78, 5) is 1.23. The van der Waals surface area contributed by atoms with Gasteiger partial charge in [-0.15, -0.1) is 11.3 Å². The summed E-state index contributed by atoms with van der Waals surface area (Å²) in [7, 11) is 1.68. The molecule has 0 amide bonds. The molecule has 0 bridgehead atoms. The number of halogens is 2. The molecule has 108 valence electrons. The van der Waals surface area contributed by atoms with E-state index in [0.29, 0.717) is 6.04 Å². The number of nitrogens with one attached hydrogen (secondary N) is 1. The highest BCUT2D eigenvalue weighted by atomic mass is 79.9. The van der Waals surface area contributed by atoms with Gasteiger partial charge >= 0.3 is 0 Å². The molecule has 1 atom stereocenters. The van der Waals surface area contributed by atoms with Crippen molar-refractivity contribution in [3.63, 3.8) is 0 Å². The number of ether oxygens (including phenoxy) is 1. The van der Waals surface area contributed by atoms with Crippen LogP contribution in [0.15, 0.2) is 34.8 Å². The quantitative estimate of drug-likeness (QED) is 0.729. The molecule has 20 heavy (non-hydrogen) atoms. The maximum Gasteiger partial charge on any atom is 0.118 e. The molecular weight excluding hydrogens is 358 g/mol. The lowest BCUT2D eigenvalue weighted by molar-refractivity contribution is 0.414. The summed E-state index contributed by atoms with van der Waals surface area (Å²) in [6, 6.07) is 10.6. The molecular formula is C15H17BrClNOS. The number of hydrogen-bond donors (Lipinski definition) is 1. The van der Waals surface area contributed by atoms with Gasteiger partial charge < -0.3 is 10.1 Å². The summed E-state index contributed by atoms with van der Waals surface area (Å²) >= 11 is 11.1. The van der Waals surface area contributed by atoms with Crippen LogP contribution in [0.3, 0.4) is 0 Å². The minimum absolute atomic E-state index is 0.334. The highest BCUT2D eigenvalue weighted by molar-refractivity contribution is 9.10. The average molecular weight is 375 g/mol. The van der Waals surface area contributed by atoms with Crippen LogP contribution in [-0.4, -0.2) is 7.11 Å². The SMILES string of the molecule is CCC(NCc1cc(Br)c(Cl)s1)c1ccc(OC)cc1. The molecule has 0 aliphatic heterocycles. The molecule has 5 heteroatoms. The molecule has 0 fully saturated rings. The molecule has 1 N–H and O–H groups in total. The van der Waals surface area contributed by atoms with Crippen LogP contribution in [0.25, 0.3) is 0 Å². The predicted molar refractivity (Wildman–Crippen MR) is 89.9 cm³/mol. The molecule has 0 saturated carbocycles. The summed E-state index contributed by atoms with van der Waals surface area (Å²) in [6.07, 6.45) is 1.03. The van der Waals surface area contributed by atoms with E-state index in [0.717, 1.165) is 27.5 Å². The van der Waals surface area contributed by atoms with Crippen molar-refractivity contribution in [3.05, 3.63) is 49.6 Å². The minimum atomic E-state index is 0.334. The summed E-state index contributed by atoms with van der Waals surface area (Å²) < 4.78 is 6.96. The third-order valence-corrected chi connectivity index (χ3v) is 5.62. The van der Waals surface area contributed by atoms with E-state index in [-0.39, 0.29) is 0 Å². The first-order valence-corrected chi connectivity index (χ1v) is 8.43. The monoisotopic (exact) mass is 373 g/mol. The van der Waals surface area contributed by atoms with Gasteiger partial charge in [0.05, 0.1) is 7.11 Å². The first-order valence-electron chi connectivity index (χ1n) is 6.45. The maximum atomic E-state index is 6.06. The van der Waals surface area contributed by atoms with Crippen molar-refractivity contribution in [2.75, 3.05) is 7.11 Å². The van der Waals surface area contributed by atoms with Gasteiger partial charge in [0.25, 0.3) is 0 Å². The summed E-state index contributed by atoms with van der Waals surface area (Å²) in [6.45, 7) is 3.00. The third kappa shape index (κ3) is 3.98. The maximum absolute atomic E-state index is 6.06. The number of hydrogen-bond acceptors (Lipinski definition) is 3. The van der Waals surface area contributed by atoms with Crippen molar-refractivity contribution in [3.8, 4) is 5.75 Å². The first-order chi connectivity index (χ1) is 9.63. The van der Waals surface area contributed by atoms with E-state index in [4.69, 9.17) is 16.3 Å². The molecule has 1 aromatic heterocycles. The second-order valence-corrected chi connectivity index (χ2v) is 7.04. The zero-order valence-corrected chi connectivity index (χ0v) is 14.6. The van der Waals surface area contributed by atoms with Gasteiger partial charge in [0.2, 0.25) is 0 Å². The Kier molecular flexibility index (Phi) is 5.90. The zero-order chi connectivity index (χ0) is 14.5. The van der Waals surface area contributed by atoms with E-state index >= 15 is 0 Å². The van der Waals surface area contributed by atoms with Gasteiger partial charge in [0.15, 0.2) is 0 Å². The molecule has 0 aliphatic rings. The third-order valence-electron chi connectivity index (χ3n) is 3.15. The lowest BCUT2D eigenvalue weighted by atomic mass is 10.0. The molecule has 2 rings (SSSR count). The zero-order valence-electron chi connectivity index (χ0n) is 11.5. The van der Waals surface area contributed by atoms with Gasteiger partial charge in [-0.2, -0.15) is 0 Å². The van der Waals surface area contributed by atoms with E-state index in [1.807, 2.05) is 12.1 Å². The van der Waals surface area contributed by atoms with Gasteiger partial charge in [-0.1, -0.05) is 30.7 Å². The minimum Gasteiger partial charge on any atom is -0.497 e.